The number of carbonyl (C=O) groups excluding carboxylic acids is 1. The number of unbranched alkanes of at least 4 members (excludes halogenated alkanes) is 2. The Morgan fingerprint density at radius 2 is 1.79 bits per heavy atom. The lowest BCUT2D eigenvalue weighted by molar-refractivity contribution is -0.137. The van der Waals surface area contributed by atoms with Gasteiger partial charge in [0.2, 0.25) is 5.91 Å². The van der Waals surface area contributed by atoms with Crippen molar-refractivity contribution in [3.05, 3.63) is 47.7 Å². The molecule has 1 amide bonds. The highest BCUT2D eigenvalue weighted by Gasteiger charge is 2.34. The van der Waals surface area contributed by atoms with Crippen molar-refractivity contribution in [1.29, 1.82) is 0 Å². The summed E-state index contributed by atoms with van der Waals surface area (Å²) in [4.78, 5) is 22.8. The van der Waals surface area contributed by atoms with Gasteiger partial charge in [-0.3, -0.25) is 4.79 Å². The highest BCUT2D eigenvalue weighted by molar-refractivity contribution is 5.85. The van der Waals surface area contributed by atoms with Crippen LogP contribution in [0.1, 0.15) is 61.5 Å². The fraction of sp³-hybridized carbons (Fsp3) is 0.478. The van der Waals surface area contributed by atoms with Crippen LogP contribution in [0.4, 0.5) is 24.7 Å². The quantitative estimate of drug-likeness (QED) is 0.480. The van der Waals surface area contributed by atoms with Gasteiger partial charge in [0.15, 0.2) is 11.5 Å². The molecule has 1 saturated heterocycles. The van der Waals surface area contributed by atoms with E-state index in [9.17, 15) is 22.8 Å². The molecule has 0 radical (unpaired) electrons. The molecule has 1 aliphatic rings. The van der Waals surface area contributed by atoms with Crippen molar-refractivity contribution in [3.8, 4) is 0 Å². The zero-order valence-corrected chi connectivity index (χ0v) is 19.0. The van der Waals surface area contributed by atoms with E-state index in [0.29, 0.717) is 38.2 Å². The lowest BCUT2D eigenvalue weighted by Crippen LogP contribution is -2.40. The number of amides is 1. The molecule has 8 nitrogen and oxygen atoms in total. The summed E-state index contributed by atoms with van der Waals surface area (Å²) < 4.78 is 39.2. The van der Waals surface area contributed by atoms with Crippen molar-refractivity contribution in [2.75, 3.05) is 23.3 Å². The molecular weight excluding hydrogens is 451 g/mol. The molecule has 186 valence electrons. The van der Waals surface area contributed by atoms with E-state index in [2.05, 4.69) is 22.4 Å². The van der Waals surface area contributed by atoms with Crippen LogP contribution < -0.4 is 16.0 Å². The molecule has 2 heterocycles. The zero-order chi connectivity index (χ0) is 25.1. The Balaban J connectivity index is 0.000000440. The molecule has 0 unspecified atom stereocenters. The molecule has 1 fully saturated rings. The van der Waals surface area contributed by atoms with Crippen LogP contribution in [0.15, 0.2) is 36.4 Å². The van der Waals surface area contributed by atoms with E-state index < -0.39 is 17.7 Å². The Hall–Kier alpha value is -3.37. The molecule has 1 aromatic carbocycles. The first-order valence-electron chi connectivity index (χ1n) is 11.1. The molecule has 3 rings (SSSR count). The van der Waals surface area contributed by atoms with Gasteiger partial charge in [0.1, 0.15) is 0 Å². The van der Waals surface area contributed by atoms with Crippen molar-refractivity contribution in [3.63, 3.8) is 0 Å². The third kappa shape index (κ3) is 8.53. The van der Waals surface area contributed by atoms with Crippen LogP contribution in [0.3, 0.4) is 0 Å². The van der Waals surface area contributed by atoms with E-state index in [1.807, 2.05) is 4.90 Å². The number of carboxylic acids is 1. The van der Waals surface area contributed by atoms with Gasteiger partial charge in [-0.05, 0) is 43.5 Å². The van der Waals surface area contributed by atoms with Crippen molar-refractivity contribution < 1.29 is 27.9 Å². The normalized spacial score (nSPS) is 14.2. The lowest BCUT2D eigenvalue weighted by Gasteiger charge is -2.33. The number of alkyl halides is 3. The van der Waals surface area contributed by atoms with Crippen molar-refractivity contribution in [2.24, 2.45) is 5.73 Å². The van der Waals surface area contributed by atoms with Crippen LogP contribution in [-0.4, -0.2) is 46.3 Å². The van der Waals surface area contributed by atoms with E-state index in [-0.39, 0.29) is 23.3 Å². The van der Waals surface area contributed by atoms with Crippen LogP contribution in [0.5, 0.6) is 0 Å². The third-order valence-electron chi connectivity index (χ3n) is 5.31. The average Bonchev–Trinajstić information content (AvgIpc) is 2.80. The summed E-state index contributed by atoms with van der Waals surface area (Å²) in [5, 5.41) is 19.4. The Morgan fingerprint density at radius 3 is 2.32 bits per heavy atom. The van der Waals surface area contributed by atoms with Crippen LogP contribution >= 0.6 is 0 Å². The highest BCUT2D eigenvalue weighted by atomic mass is 19.4. The number of anilines is 2. The Morgan fingerprint density at radius 1 is 1.12 bits per heavy atom. The summed E-state index contributed by atoms with van der Waals surface area (Å²) >= 11 is 0. The van der Waals surface area contributed by atoms with E-state index in [4.69, 9.17) is 10.8 Å². The zero-order valence-electron chi connectivity index (χ0n) is 19.0. The van der Waals surface area contributed by atoms with Gasteiger partial charge in [-0.1, -0.05) is 31.9 Å². The maximum absolute atomic E-state index is 13.1. The number of hydrogen-bond donors (Lipinski definition) is 3. The molecule has 34 heavy (non-hydrogen) atoms. The van der Waals surface area contributed by atoms with Gasteiger partial charge < -0.3 is 21.1 Å². The SMILES string of the molecule is CCCCCC(N)=O.O=C(O)c1ccc(N2CCC(Nc3ccccc3C(F)(F)F)CC2)nn1. The maximum Gasteiger partial charge on any atom is 0.418 e. The number of nitrogens with two attached hydrogens (primary N) is 1. The number of piperidine rings is 1. The summed E-state index contributed by atoms with van der Waals surface area (Å²) in [6, 6.07) is 8.34. The fourth-order valence-corrected chi connectivity index (χ4v) is 3.49. The van der Waals surface area contributed by atoms with Gasteiger partial charge in [0.25, 0.3) is 0 Å². The summed E-state index contributed by atoms with van der Waals surface area (Å²) in [5.74, 6) is -0.766. The number of hydrogen-bond acceptors (Lipinski definition) is 6. The topological polar surface area (TPSA) is 121 Å². The van der Waals surface area contributed by atoms with E-state index in [0.717, 1.165) is 25.3 Å². The van der Waals surface area contributed by atoms with Gasteiger partial charge in [-0.15, -0.1) is 10.2 Å². The van der Waals surface area contributed by atoms with Crippen molar-refractivity contribution >= 4 is 23.4 Å². The van der Waals surface area contributed by atoms with Gasteiger partial charge in [0.05, 0.1) is 5.56 Å². The average molecular weight is 482 g/mol. The molecule has 1 aromatic heterocycles. The highest BCUT2D eigenvalue weighted by Crippen LogP contribution is 2.35. The summed E-state index contributed by atoms with van der Waals surface area (Å²) in [6.07, 6.45) is 0.630. The van der Waals surface area contributed by atoms with E-state index in [1.165, 1.54) is 18.2 Å². The third-order valence-corrected chi connectivity index (χ3v) is 5.31. The predicted octanol–water partition coefficient (Wildman–Crippen LogP) is 4.33. The number of primary amides is 1. The minimum absolute atomic E-state index is 0.0824. The molecule has 0 atom stereocenters. The lowest BCUT2D eigenvalue weighted by atomic mass is 10.0. The molecule has 2 aromatic rings. The van der Waals surface area contributed by atoms with Crippen molar-refractivity contribution in [1.82, 2.24) is 10.2 Å². The van der Waals surface area contributed by atoms with Crippen LogP contribution in [0.2, 0.25) is 0 Å². The van der Waals surface area contributed by atoms with Crippen LogP contribution in [-0.2, 0) is 11.0 Å². The standard InChI is InChI=1S/C17H17F3N4O2.C6H13NO/c18-17(19,20)12-3-1-2-4-13(12)21-11-7-9-24(10-8-11)15-6-5-14(16(25)26)22-23-15;1-2-3-4-5-6(7)8/h1-6,11,21H,7-10H2,(H,25,26);2-5H2,1H3,(H2,7,8). The summed E-state index contributed by atoms with van der Waals surface area (Å²) in [5.41, 5.74) is 4.18. The van der Waals surface area contributed by atoms with Crippen LogP contribution in [0, 0.1) is 0 Å². The van der Waals surface area contributed by atoms with Gasteiger partial charge in [-0.2, -0.15) is 13.2 Å². The van der Waals surface area contributed by atoms with Gasteiger partial charge >= 0.3 is 12.1 Å². The minimum atomic E-state index is -4.40. The second-order valence-corrected chi connectivity index (χ2v) is 7.95. The van der Waals surface area contributed by atoms with Crippen molar-refractivity contribution in [2.45, 2.75) is 57.7 Å². The predicted molar refractivity (Wildman–Crippen MR) is 123 cm³/mol. The molecule has 1 aliphatic heterocycles. The molecule has 4 N–H and O–H groups in total. The first-order valence-corrected chi connectivity index (χ1v) is 11.1. The largest absolute Gasteiger partial charge is 0.476 e. The fourth-order valence-electron chi connectivity index (χ4n) is 3.49. The van der Waals surface area contributed by atoms with Gasteiger partial charge in [-0.25, -0.2) is 4.79 Å². The molecule has 0 spiro atoms. The number of aromatic nitrogens is 2. The molecule has 11 heteroatoms. The Labute approximate surface area is 196 Å². The molecule has 0 bridgehead atoms. The molecule has 0 saturated carbocycles. The number of carbonyl (C=O) groups is 2. The summed E-state index contributed by atoms with van der Waals surface area (Å²) in [6.45, 7) is 3.28. The molecule has 0 aliphatic carbocycles. The number of aromatic carboxylic acids is 1. The number of nitrogens with zero attached hydrogens (tertiary/aromatic N) is 3. The minimum Gasteiger partial charge on any atom is -0.476 e. The number of carboxylic acid groups (broad SMARTS) is 1. The number of rotatable bonds is 8. The first kappa shape index (κ1) is 26.9. The number of para-hydroxylation sites is 1. The Kier molecular flexibility index (Phi) is 10.1. The maximum atomic E-state index is 13.1. The summed E-state index contributed by atoms with van der Waals surface area (Å²) in [7, 11) is 0. The number of halogens is 3. The first-order chi connectivity index (χ1) is 16.1. The number of benzene rings is 1. The second-order valence-electron chi connectivity index (χ2n) is 7.95. The van der Waals surface area contributed by atoms with Gasteiger partial charge in [0, 0.05) is 31.2 Å². The Bertz CT molecular complexity index is 930. The van der Waals surface area contributed by atoms with E-state index >= 15 is 0 Å². The smallest absolute Gasteiger partial charge is 0.418 e. The number of nitrogens with one attached hydrogen (secondary N) is 1. The van der Waals surface area contributed by atoms with E-state index in [1.54, 1.807) is 12.1 Å². The molecular formula is C23H30F3N5O3. The second kappa shape index (κ2) is 12.8. The monoisotopic (exact) mass is 481 g/mol. The van der Waals surface area contributed by atoms with Crippen LogP contribution in [0.25, 0.3) is 0 Å².